The first kappa shape index (κ1) is 13.6. The van der Waals surface area contributed by atoms with Crippen molar-refractivity contribution in [2.75, 3.05) is 0 Å². The van der Waals surface area contributed by atoms with Gasteiger partial charge in [0.2, 0.25) is 0 Å². The molecule has 2 unspecified atom stereocenters. The molecule has 1 saturated carbocycles. The highest BCUT2D eigenvalue weighted by Gasteiger charge is 2.30. The highest BCUT2D eigenvalue weighted by molar-refractivity contribution is 5.23. The zero-order valence-corrected chi connectivity index (χ0v) is 11.8. The van der Waals surface area contributed by atoms with Gasteiger partial charge < -0.3 is 5.11 Å². The van der Waals surface area contributed by atoms with Crippen molar-refractivity contribution in [3.05, 3.63) is 35.4 Å². The normalized spacial score (nSPS) is 28.9. The van der Waals surface area contributed by atoms with E-state index in [-0.39, 0.29) is 0 Å². The van der Waals surface area contributed by atoms with Crippen molar-refractivity contribution in [2.45, 2.75) is 64.4 Å². The molecule has 1 nitrogen and oxygen atoms in total. The van der Waals surface area contributed by atoms with Crippen molar-refractivity contribution in [3.8, 4) is 0 Å². The lowest BCUT2D eigenvalue weighted by Gasteiger charge is -2.27. The largest absolute Gasteiger partial charge is 0.390 e. The molecule has 2 rings (SSSR count). The maximum absolute atomic E-state index is 10.8. The van der Waals surface area contributed by atoms with Crippen molar-refractivity contribution >= 4 is 0 Å². The van der Waals surface area contributed by atoms with E-state index >= 15 is 0 Å². The molecule has 1 heteroatoms. The van der Waals surface area contributed by atoms with E-state index in [4.69, 9.17) is 0 Å². The Morgan fingerprint density at radius 1 is 1.28 bits per heavy atom. The van der Waals surface area contributed by atoms with Crippen LogP contribution >= 0.6 is 0 Å². The van der Waals surface area contributed by atoms with Gasteiger partial charge >= 0.3 is 0 Å². The first-order chi connectivity index (χ1) is 8.61. The number of aryl methyl sites for hydroxylation is 1. The van der Waals surface area contributed by atoms with E-state index in [9.17, 15) is 5.11 Å². The molecule has 1 aliphatic rings. The van der Waals surface area contributed by atoms with Crippen LogP contribution in [0.2, 0.25) is 0 Å². The summed E-state index contributed by atoms with van der Waals surface area (Å²) in [5.74, 6) is 0.830. The minimum atomic E-state index is -0.461. The monoisotopic (exact) mass is 246 g/mol. The highest BCUT2D eigenvalue weighted by atomic mass is 16.3. The molecule has 18 heavy (non-hydrogen) atoms. The molecule has 1 fully saturated rings. The molecule has 100 valence electrons. The van der Waals surface area contributed by atoms with Gasteiger partial charge in [-0.2, -0.15) is 0 Å². The Morgan fingerprint density at radius 3 is 2.83 bits per heavy atom. The van der Waals surface area contributed by atoms with Crippen LogP contribution in [0.1, 0.15) is 56.6 Å². The van der Waals surface area contributed by atoms with E-state index in [0.29, 0.717) is 0 Å². The fourth-order valence-electron chi connectivity index (χ4n) is 3.25. The number of aliphatic hydroxyl groups is 1. The van der Waals surface area contributed by atoms with Gasteiger partial charge in [0, 0.05) is 6.42 Å². The van der Waals surface area contributed by atoms with E-state index in [1.54, 1.807) is 0 Å². The van der Waals surface area contributed by atoms with Crippen LogP contribution in [0.4, 0.5) is 0 Å². The van der Waals surface area contributed by atoms with Crippen LogP contribution in [0.25, 0.3) is 0 Å². The lowest BCUT2D eigenvalue weighted by Crippen LogP contribution is -2.30. The molecular formula is C17H26O. The molecule has 0 amide bonds. The van der Waals surface area contributed by atoms with Gasteiger partial charge in [0.1, 0.15) is 0 Å². The third kappa shape index (κ3) is 3.58. The van der Waals surface area contributed by atoms with Crippen LogP contribution in [-0.2, 0) is 6.42 Å². The van der Waals surface area contributed by atoms with Crippen LogP contribution in [0.15, 0.2) is 24.3 Å². The SMILES string of the molecule is CCC1CCCC(O)(Cc2cccc(C)c2)CC1. The molecule has 2 atom stereocenters. The second-order valence-corrected chi connectivity index (χ2v) is 6.10. The lowest BCUT2D eigenvalue weighted by atomic mass is 9.86. The Balaban J connectivity index is 2.02. The smallest absolute Gasteiger partial charge is 0.0688 e. The fourth-order valence-corrected chi connectivity index (χ4v) is 3.25. The number of benzene rings is 1. The second-order valence-electron chi connectivity index (χ2n) is 6.10. The molecular weight excluding hydrogens is 220 g/mol. The van der Waals surface area contributed by atoms with E-state index in [2.05, 4.69) is 38.1 Å². The summed E-state index contributed by atoms with van der Waals surface area (Å²) in [6, 6.07) is 8.57. The summed E-state index contributed by atoms with van der Waals surface area (Å²) in [6.45, 7) is 4.39. The summed E-state index contributed by atoms with van der Waals surface area (Å²) in [5.41, 5.74) is 2.11. The van der Waals surface area contributed by atoms with Crippen molar-refractivity contribution in [1.29, 1.82) is 0 Å². The second kappa shape index (κ2) is 5.88. The Hall–Kier alpha value is -0.820. The highest BCUT2D eigenvalue weighted by Crippen LogP contribution is 2.34. The van der Waals surface area contributed by atoms with Crippen LogP contribution < -0.4 is 0 Å². The van der Waals surface area contributed by atoms with Crippen LogP contribution in [0.3, 0.4) is 0 Å². The number of rotatable bonds is 3. The molecule has 0 heterocycles. The third-order valence-corrected chi connectivity index (χ3v) is 4.47. The molecule has 0 aliphatic heterocycles. The topological polar surface area (TPSA) is 20.2 Å². The molecule has 1 aromatic rings. The maximum atomic E-state index is 10.8. The Morgan fingerprint density at radius 2 is 2.11 bits per heavy atom. The van der Waals surface area contributed by atoms with Gasteiger partial charge in [0.25, 0.3) is 0 Å². The van der Waals surface area contributed by atoms with Gasteiger partial charge in [0.05, 0.1) is 5.60 Å². The first-order valence-electron chi connectivity index (χ1n) is 7.39. The predicted octanol–water partition coefficient (Wildman–Crippen LogP) is 4.26. The molecule has 1 N–H and O–H groups in total. The van der Waals surface area contributed by atoms with Crippen molar-refractivity contribution in [1.82, 2.24) is 0 Å². The van der Waals surface area contributed by atoms with Crippen LogP contribution in [-0.4, -0.2) is 10.7 Å². The zero-order valence-electron chi connectivity index (χ0n) is 11.8. The van der Waals surface area contributed by atoms with E-state index < -0.39 is 5.60 Å². The summed E-state index contributed by atoms with van der Waals surface area (Å²) < 4.78 is 0. The molecule has 0 radical (unpaired) electrons. The summed E-state index contributed by atoms with van der Waals surface area (Å²) in [4.78, 5) is 0. The Bertz CT molecular complexity index is 385. The number of hydrogen-bond acceptors (Lipinski definition) is 1. The van der Waals surface area contributed by atoms with Gasteiger partial charge in [-0.15, -0.1) is 0 Å². The van der Waals surface area contributed by atoms with Gasteiger partial charge in [0.15, 0.2) is 0 Å². The van der Waals surface area contributed by atoms with E-state index in [1.165, 1.54) is 36.8 Å². The fraction of sp³-hybridized carbons (Fsp3) is 0.647. The van der Waals surface area contributed by atoms with Crippen molar-refractivity contribution in [2.24, 2.45) is 5.92 Å². The zero-order chi connectivity index (χ0) is 13.0. The number of hydrogen-bond donors (Lipinski definition) is 1. The van der Waals surface area contributed by atoms with Crippen LogP contribution in [0.5, 0.6) is 0 Å². The van der Waals surface area contributed by atoms with Crippen molar-refractivity contribution in [3.63, 3.8) is 0 Å². The molecule has 1 aliphatic carbocycles. The van der Waals surface area contributed by atoms with Crippen LogP contribution in [0, 0.1) is 12.8 Å². The minimum absolute atomic E-state index is 0.461. The molecule has 1 aromatic carbocycles. The quantitative estimate of drug-likeness (QED) is 0.790. The Labute approximate surface area is 111 Å². The maximum Gasteiger partial charge on any atom is 0.0688 e. The molecule has 0 bridgehead atoms. The first-order valence-corrected chi connectivity index (χ1v) is 7.39. The average Bonchev–Trinajstić information content (AvgIpc) is 2.51. The van der Waals surface area contributed by atoms with E-state index in [0.717, 1.165) is 25.2 Å². The Kier molecular flexibility index (Phi) is 4.45. The van der Waals surface area contributed by atoms with E-state index in [1.807, 2.05) is 0 Å². The standard InChI is InChI=1S/C17H26O/c1-3-15-8-5-10-17(18,11-9-15)13-16-7-4-6-14(2)12-16/h4,6-7,12,15,18H,3,5,8-11,13H2,1-2H3. The summed E-state index contributed by atoms with van der Waals surface area (Å²) in [5, 5.41) is 10.8. The van der Waals surface area contributed by atoms with Crippen molar-refractivity contribution < 1.29 is 5.11 Å². The molecule has 0 spiro atoms. The molecule has 0 aromatic heterocycles. The lowest BCUT2D eigenvalue weighted by molar-refractivity contribution is 0.0241. The third-order valence-electron chi connectivity index (χ3n) is 4.47. The predicted molar refractivity (Wildman–Crippen MR) is 76.7 cm³/mol. The summed E-state index contributed by atoms with van der Waals surface area (Å²) >= 11 is 0. The average molecular weight is 246 g/mol. The van der Waals surface area contributed by atoms with Gasteiger partial charge in [-0.25, -0.2) is 0 Å². The summed E-state index contributed by atoms with van der Waals surface area (Å²) in [6.07, 6.45) is 7.70. The van der Waals surface area contributed by atoms with Gasteiger partial charge in [-0.3, -0.25) is 0 Å². The molecule has 0 saturated heterocycles. The van der Waals surface area contributed by atoms with Gasteiger partial charge in [-0.1, -0.05) is 56.0 Å². The minimum Gasteiger partial charge on any atom is -0.390 e. The summed E-state index contributed by atoms with van der Waals surface area (Å²) in [7, 11) is 0. The van der Waals surface area contributed by atoms with Gasteiger partial charge in [-0.05, 0) is 37.7 Å².